The minimum Gasteiger partial charge on any atom is -0.441 e. The Kier molecular flexibility index (Phi) is 17.3. The summed E-state index contributed by atoms with van der Waals surface area (Å²) in [4.78, 5) is 56.1. The first-order valence-corrected chi connectivity index (χ1v) is 19.1. The van der Waals surface area contributed by atoms with E-state index < -0.39 is 11.1 Å². The number of hydrogen-bond acceptors (Lipinski definition) is 5. The Labute approximate surface area is 321 Å². The van der Waals surface area contributed by atoms with Gasteiger partial charge in [0.05, 0.1) is 12.1 Å². The van der Waals surface area contributed by atoms with Crippen LogP contribution in [-0.2, 0) is 9.53 Å². The number of carbonyl (C=O) groups is 4. The summed E-state index contributed by atoms with van der Waals surface area (Å²) in [6.45, 7) is 31.4. The first-order chi connectivity index (χ1) is 24.7. The van der Waals surface area contributed by atoms with Crippen molar-refractivity contribution in [2.75, 3.05) is 14.1 Å². The van der Waals surface area contributed by atoms with Gasteiger partial charge in [0, 0.05) is 37.9 Å². The van der Waals surface area contributed by atoms with Crippen LogP contribution < -0.4 is 0 Å². The predicted molar refractivity (Wildman–Crippen MR) is 216 cm³/mol. The van der Waals surface area contributed by atoms with E-state index in [0.29, 0.717) is 0 Å². The van der Waals surface area contributed by atoms with Crippen LogP contribution in [0.25, 0.3) is 0 Å². The molecule has 296 valence electrons. The summed E-state index contributed by atoms with van der Waals surface area (Å²) in [5, 5.41) is 0. The van der Waals surface area contributed by atoms with E-state index in [9.17, 15) is 19.2 Å². The van der Waals surface area contributed by atoms with Gasteiger partial charge in [0.1, 0.15) is 11.1 Å². The van der Waals surface area contributed by atoms with Crippen molar-refractivity contribution in [2.45, 2.75) is 152 Å². The SMILES string of the molecule is CC.CC.CC(C)N1C(=O)N(C)C(C)(C)C1=O.CC(C)N1C(=O)OC(C)(C)C1c1ccccc1.CC1=C(C)N(C)C(=O)N(C(C)C)C1c1ccccc1. The number of allylic oxidation sites excluding steroid dienone is 1. The minimum atomic E-state index is -0.693. The van der Waals surface area contributed by atoms with Gasteiger partial charge in [-0.3, -0.25) is 14.6 Å². The first kappa shape index (κ1) is 46.7. The van der Waals surface area contributed by atoms with E-state index in [0.717, 1.165) is 11.3 Å². The molecule has 5 rings (SSSR count). The monoisotopic (exact) mass is 736 g/mol. The van der Waals surface area contributed by atoms with Gasteiger partial charge in [-0.1, -0.05) is 88.4 Å². The molecule has 2 saturated heterocycles. The van der Waals surface area contributed by atoms with Crippen LogP contribution >= 0.6 is 0 Å². The fourth-order valence-corrected chi connectivity index (χ4v) is 6.52. The van der Waals surface area contributed by atoms with Crippen molar-refractivity contribution in [2.24, 2.45) is 0 Å². The van der Waals surface area contributed by atoms with E-state index in [1.165, 1.54) is 20.9 Å². The van der Waals surface area contributed by atoms with Crippen LogP contribution in [0.1, 0.15) is 134 Å². The summed E-state index contributed by atoms with van der Waals surface area (Å²) in [6.07, 6.45) is -0.223. The zero-order valence-corrected chi connectivity index (χ0v) is 35.9. The highest BCUT2D eigenvalue weighted by atomic mass is 16.6. The number of urea groups is 2. The van der Waals surface area contributed by atoms with Gasteiger partial charge in [0.2, 0.25) is 0 Å². The Hall–Kier alpha value is -4.34. The Bertz CT molecular complexity index is 1530. The molecule has 0 N–H and O–H groups in total. The van der Waals surface area contributed by atoms with Gasteiger partial charge < -0.3 is 19.4 Å². The van der Waals surface area contributed by atoms with E-state index in [2.05, 4.69) is 32.9 Å². The number of benzene rings is 2. The summed E-state index contributed by atoms with van der Waals surface area (Å²) >= 11 is 0. The van der Waals surface area contributed by atoms with Crippen molar-refractivity contribution in [1.82, 2.24) is 24.5 Å². The zero-order valence-electron chi connectivity index (χ0n) is 35.9. The van der Waals surface area contributed by atoms with Gasteiger partial charge in [-0.05, 0) is 99.8 Å². The number of amides is 6. The number of hydrogen-bond donors (Lipinski definition) is 0. The van der Waals surface area contributed by atoms with Crippen LogP contribution in [0.3, 0.4) is 0 Å². The van der Waals surface area contributed by atoms with Gasteiger partial charge >= 0.3 is 18.2 Å². The average molecular weight is 736 g/mol. The molecule has 53 heavy (non-hydrogen) atoms. The molecule has 6 amide bonds. The Morgan fingerprint density at radius 2 is 1.06 bits per heavy atom. The number of imide groups is 1. The molecular weight excluding hydrogens is 667 g/mol. The molecule has 10 nitrogen and oxygen atoms in total. The highest BCUT2D eigenvalue weighted by molar-refractivity contribution is 6.06. The molecule has 0 radical (unpaired) electrons. The minimum absolute atomic E-state index is 0.0174. The van der Waals surface area contributed by atoms with Crippen LogP contribution in [0.4, 0.5) is 14.4 Å². The highest BCUT2D eigenvalue weighted by Crippen LogP contribution is 2.42. The van der Waals surface area contributed by atoms with Gasteiger partial charge in [-0.15, -0.1) is 0 Å². The number of likely N-dealkylation sites (N-methyl/N-ethyl adjacent to an activating group) is 1. The number of rotatable bonds is 5. The second-order valence-electron chi connectivity index (χ2n) is 14.9. The molecule has 0 spiro atoms. The number of nitrogens with zero attached hydrogens (tertiary/aromatic N) is 5. The van der Waals surface area contributed by atoms with Crippen LogP contribution in [0, 0.1) is 0 Å². The van der Waals surface area contributed by atoms with Crippen LogP contribution in [0.15, 0.2) is 71.9 Å². The maximum atomic E-state index is 12.5. The fourth-order valence-electron chi connectivity index (χ4n) is 6.52. The molecule has 3 heterocycles. The molecule has 3 aliphatic heterocycles. The lowest BCUT2D eigenvalue weighted by Gasteiger charge is -2.43. The van der Waals surface area contributed by atoms with Gasteiger partial charge in [0.15, 0.2) is 0 Å². The summed E-state index contributed by atoms with van der Waals surface area (Å²) < 4.78 is 5.48. The number of ether oxygens (including phenoxy) is 1. The van der Waals surface area contributed by atoms with Crippen molar-refractivity contribution >= 4 is 24.1 Å². The molecule has 2 atom stereocenters. The summed E-state index contributed by atoms with van der Waals surface area (Å²) in [5.74, 6) is -0.116. The molecule has 2 unspecified atom stereocenters. The smallest absolute Gasteiger partial charge is 0.411 e. The average Bonchev–Trinajstić information content (AvgIpc) is 3.46. The normalized spacial score (nSPS) is 20.4. The van der Waals surface area contributed by atoms with Crippen LogP contribution in [0.2, 0.25) is 0 Å². The first-order valence-electron chi connectivity index (χ1n) is 19.1. The van der Waals surface area contributed by atoms with E-state index in [1.807, 2.05) is 142 Å². The van der Waals surface area contributed by atoms with E-state index >= 15 is 0 Å². The molecule has 0 aliphatic carbocycles. The lowest BCUT2D eigenvalue weighted by atomic mass is 9.91. The van der Waals surface area contributed by atoms with E-state index in [4.69, 9.17) is 4.74 Å². The van der Waals surface area contributed by atoms with Crippen molar-refractivity contribution < 1.29 is 23.9 Å². The van der Waals surface area contributed by atoms with Gasteiger partial charge in [0.25, 0.3) is 5.91 Å². The second kappa shape index (κ2) is 19.7. The Morgan fingerprint density at radius 3 is 1.42 bits per heavy atom. The third-order valence-electron chi connectivity index (χ3n) is 9.70. The highest BCUT2D eigenvalue weighted by Gasteiger charge is 2.50. The lowest BCUT2D eigenvalue weighted by Crippen LogP contribution is -2.50. The molecule has 0 aromatic heterocycles. The van der Waals surface area contributed by atoms with Crippen molar-refractivity contribution in [3.8, 4) is 0 Å². The quantitative estimate of drug-likeness (QED) is 0.285. The molecular formula is C43H69N5O5. The van der Waals surface area contributed by atoms with Gasteiger partial charge in [-0.25, -0.2) is 14.4 Å². The summed E-state index contributed by atoms with van der Waals surface area (Å²) in [5.41, 5.74) is 3.41. The molecule has 10 heteroatoms. The third-order valence-corrected chi connectivity index (χ3v) is 9.70. The zero-order chi connectivity index (χ0) is 41.2. The topological polar surface area (TPSA) is 93.7 Å². The molecule has 0 bridgehead atoms. The van der Waals surface area contributed by atoms with Crippen LogP contribution in [-0.4, -0.2) is 91.9 Å². The number of cyclic esters (lactones) is 1. The maximum Gasteiger partial charge on any atom is 0.411 e. The molecule has 0 saturated carbocycles. The maximum absolute atomic E-state index is 12.5. The molecule has 2 aromatic carbocycles. The van der Waals surface area contributed by atoms with E-state index in [1.54, 1.807) is 25.8 Å². The molecule has 2 fully saturated rings. The third kappa shape index (κ3) is 10.2. The Balaban J connectivity index is 0.000000385. The van der Waals surface area contributed by atoms with Crippen molar-refractivity contribution in [1.29, 1.82) is 0 Å². The second-order valence-corrected chi connectivity index (χ2v) is 14.9. The van der Waals surface area contributed by atoms with E-state index in [-0.39, 0.29) is 54.3 Å². The lowest BCUT2D eigenvalue weighted by molar-refractivity contribution is -0.132. The van der Waals surface area contributed by atoms with Crippen molar-refractivity contribution in [3.63, 3.8) is 0 Å². The molecule has 3 aliphatic rings. The Morgan fingerprint density at radius 1 is 0.623 bits per heavy atom. The largest absolute Gasteiger partial charge is 0.441 e. The van der Waals surface area contributed by atoms with Crippen molar-refractivity contribution in [3.05, 3.63) is 83.1 Å². The van der Waals surface area contributed by atoms with Gasteiger partial charge in [-0.2, -0.15) is 0 Å². The number of carbonyl (C=O) groups excluding carboxylic acids is 4. The fraction of sp³-hybridized carbons (Fsp3) is 0.581. The summed E-state index contributed by atoms with van der Waals surface area (Å²) in [7, 11) is 3.50. The molecule has 2 aromatic rings. The summed E-state index contributed by atoms with van der Waals surface area (Å²) in [6, 6.07) is 20.4. The van der Waals surface area contributed by atoms with Crippen LogP contribution in [0.5, 0.6) is 0 Å². The standard InChI is InChI=1S/C16H22N2O.C14H19NO2.C9H16N2O2.2C2H6/c1-11(2)18-15(14-9-7-6-8-10-14)12(3)13(4)17(5)16(18)19;1-10(2)15-12(11-8-6-5-7-9-11)14(3,4)17-13(15)16;1-6(2)11-7(12)9(3,4)10(5)8(11)13;2*1-2/h6-11,15H,1-5H3;5-10,12H,1-4H3;6H,1-5H3;2*1-2H3. The predicted octanol–water partition coefficient (Wildman–Crippen LogP) is 10.3.